The first kappa shape index (κ1) is 15.8. The number of para-hydroxylation sites is 1. The molecule has 0 aromatic heterocycles. The Balaban J connectivity index is 1.72. The molecule has 126 valence electrons. The molecule has 2 aromatic carbocycles. The lowest BCUT2D eigenvalue weighted by molar-refractivity contribution is -0.148. The van der Waals surface area contributed by atoms with Crippen LogP contribution in [-0.2, 0) is 15.2 Å². The molecule has 0 unspecified atom stereocenters. The number of rotatable bonds is 2. The maximum absolute atomic E-state index is 13.1. The van der Waals surface area contributed by atoms with Gasteiger partial charge in [0, 0.05) is 11.3 Å². The molecule has 0 spiro atoms. The van der Waals surface area contributed by atoms with Gasteiger partial charge < -0.3 is 10.4 Å². The first-order valence-electron chi connectivity index (χ1n) is 8.54. The Morgan fingerprint density at radius 3 is 2.56 bits per heavy atom. The number of fused-ring (bicyclic) bond motifs is 1. The number of allylic oxidation sites excluding steroid dienone is 1. The van der Waals surface area contributed by atoms with E-state index in [0.29, 0.717) is 29.7 Å². The van der Waals surface area contributed by atoms with Crippen molar-refractivity contribution in [1.82, 2.24) is 0 Å². The molecule has 2 N–H and O–H groups in total. The predicted octanol–water partition coefficient (Wildman–Crippen LogP) is 3.28. The molecule has 1 aliphatic heterocycles. The Morgan fingerprint density at radius 2 is 1.76 bits per heavy atom. The maximum atomic E-state index is 13.1. The van der Waals surface area contributed by atoms with Gasteiger partial charge in [0.1, 0.15) is 0 Å². The Labute approximate surface area is 146 Å². The minimum absolute atomic E-state index is 0.135. The largest absolute Gasteiger partial charge is 0.375 e. The highest BCUT2D eigenvalue weighted by Gasteiger charge is 2.54. The van der Waals surface area contributed by atoms with E-state index in [1.807, 2.05) is 36.4 Å². The molecule has 0 bridgehead atoms. The summed E-state index contributed by atoms with van der Waals surface area (Å²) in [5.74, 6) is -1.39. The summed E-state index contributed by atoms with van der Waals surface area (Å²) < 4.78 is 0. The van der Waals surface area contributed by atoms with Gasteiger partial charge in [-0.2, -0.15) is 0 Å². The zero-order valence-electron chi connectivity index (χ0n) is 13.7. The standard InChI is InChI=1S/C21H19NO3/c23-19-15(13-14-7-2-1-3-8-14)9-6-11-17(19)21(25)16-10-4-5-12-18(16)22-20(21)24/h1-5,7-8,10,12-13,17,25H,6,9,11H2,(H,22,24)/b15-13+/t17-,21+/m0/s1. The van der Waals surface area contributed by atoms with Crippen LogP contribution in [0.1, 0.15) is 30.4 Å². The van der Waals surface area contributed by atoms with Gasteiger partial charge in [0.15, 0.2) is 11.4 Å². The monoisotopic (exact) mass is 333 g/mol. The summed E-state index contributed by atoms with van der Waals surface area (Å²) >= 11 is 0. The number of carbonyl (C=O) groups excluding carboxylic acids is 2. The number of hydrogen-bond acceptors (Lipinski definition) is 3. The van der Waals surface area contributed by atoms with E-state index in [1.54, 1.807) is 24.3 Å². The number of amides is 1. The van der Waals surface area contributed by atoms with Crippen LogP contribution in [-0.4, -0.2) is 16.8 Å². The zero-order valence-corrected chi connectivity index (χ0v) is 13.7. The molecular weight excluding hydrogens is 314 g/mol. The van der Waals surface area contributed by atoms with Crippen LogP contribution in [0.3, 0.4) is 0 Å². The van der Waals surface area contributed by atoms with Crippen molar-refractivity contribution in [3.05, 3.63) is 71.3 Å². The predicted molar refractivity (Wildman–Crippen MR) is 95.7 cm³/mol. The van der Waals surface area contributed by atoms with Crippen molar-refractivity contribution in [3.8, 4) is 0 Å². The summed E-state index contributed by atoms with van der Waals surface area (Å²) in [5.41, 5.74) is 0.924. The molecular formula is C21H19NO3. The van der Waals surface area contributed by atoms with Crippen molar-refractivity contribution in [2.75, 3.05) is 5.32 Å². The van der Waals surface area contributed by atoms with Crippen molar-refractivity contribution in [2.45, 2.75) is 24.9 Å². The summed E-state index contributed by atoms with van der Waals surface area (Å²) in [6.45, 7) is 0. The molecule has 4 nitrogen and oxygen atoms in total. The van der Waals surface area contributed by atoms with E-state index >= 15 is 0 Å². The van der Waals surface area contributed by atoms with Gasteiger partial charge in [0.2, 0.25) is 0 Å². The third-order valence-corrected chi connectivity index (χ3v) is 5.15. The second-order valence-corrected chi connectivity index (χ2v) is 6.66. The second kappa shape index (κ2) is 5.97. The molecule has 1 saturated carbocycles. The van der Waals surface area contributed by atoms with Crippen LogP contribution in [0.5, 0.6) is 0 Å². The quantitative estimate of drug-likeness (QED) is 0.829. The molecule has 4 rings (SSSR count). The number of aliphatic hydroxyl groups is 1. The van der Waals surface area contributed by atoms with Gasteiger partial charge in [0.25, 0.3) is 5.91 Å². The average Bonchev–Trinajstić information content (AvgIpc) is 2.89. The summed E-state index contributed by atoms with van der Waals surface area (Å²) in [4.78, 5) is 25.6. The Kier molecular flexibility index (Phi) is 3.77. The van der Waals surface area contributed by atoms with Crippen LogP contribution < -0.4 is 5.32 Å². The van der Waals surface area contributed by atoms with Crippen molar-refractivity contribution >= 4 is 23.5 Å². The van der Waals surface area contributed by atoms with Crippen LogP contribution in [0.2, 0.25) is 0 Å². The van der Waals surface area contributed by atoms with E-state index in [9.17, 15) is 14.7 Å². The first-order valence-corrected chi connectivity index (χ1v) is 8.54. The van der Waals surface area contributed by atoms with Crippen LogP contribution >= 0.6 is 0 Å². The van der Waals surface area contributed by atoms with Gasteiger partial charge in [-0.05, 0) is 42.5 Å². The zero-order chi connectivity index (χ0) is 17.4. The third-order valence-electron chi connectivity index (χ3n) is 5.15. The molecule has 0 saturated heterocycles. The fourth-order valence-corrected chi connectivity index (χ4v) is 3.88. The Bertz CT molecular complexity index is 872. The lowest BCUT2D eigenvalue weighted by atomic mass is 9.71. The molecule has 0 radical (unpaired) electrons. The lowest BCUT2D eigenvalue weighted by Crippen LogP contribution is -2.47. The summed E-state index contributed by atoms with van der Waals surface area (Å²) in [7, 11) is 0. The van der Waals surface area contributed by atoms with Gasteiger partial charge in [-0.3, -0.25) is 9.59 Å². The van der Waals surface area contributed by atoms with Crippen molar-refractivity contribution in [1.29, 1.82) is 0 Å². The minimum Gasteiger partial charge on any atom is -0.375 e. The van der Waals surface area contributed by atoms with Crippen LogP contribution in [0.25, 0.3) is 6.08 Å². The van der Waals surface area contributed by atoms with E-state index in [0.717, 1.165) is 12.0 Å². The molecule has 2 aromatic rings. The maximum Gasteiger partial charge on any atom is 0.261 e. The lowest BCUT2D eigenvalue weighted by Gasteiger charge is -2.33. The number of anilines is 1. The highest BCUT2D eigenvalue weighted by Crippen LogP contribution is 2.46. The molecule has 2 atom stereocenters. The molecule has 1 heterocycles. The fourth-order valence-electron chi connectivity index (χ4n) is 3.88. The highest BCUT2D eigenvalue weighted by molar-refractivity contribution is 6.11. The second-order valence-electron chi connectivity index (χ2n) is 6.66. The van der Waals surface area contributed by atoms with Gasteiger partial charge in [-0.25, -0.2) is 0 Å². The first-order chi connectivity index (χ1) is 12.1. The number of carbonyl (C=O) groups is 2. The summed E-state index contributed by atoms with van der Waals surface area (Å²) in [6.07, 6.45) is 3.82. The van der Waals surface area contributed by atoms with Crippen molar-refractivity contribution in [3.63, 3.8) is 0 Å². The SMILES string of the molecule is O=C1/C(=C/c2ccccc2)CCC[C@@H]1[C@@]1(O)C(=O)Nc2ccccc21. The topological polar surface area (TPSA) is 66.4 Å². The highest BCUT2D eigenvalue weighted by atomic mass is 16.3. The van der Waals surface area contributed by atoms with Gasteiger partial charge in [-0.15, -0.1) is 0 Å². The van der Waals surface area contributed by atoms with Crippen molar-refractivity contribution < 1.29 is 14.7 Å². The van der Waals surface area contributed by atoms with Gasteiger partial charge in [-0.1, -0.05) is 48.5 Å². The third kappa shape index (κ3) is 2.50. The van der Waals surface area contributed by atoms with Crippen LogP contribution in [0.15, 0.2) is 60.2 Å². The summed E-state index contributed by atoms with van der Waals surface area (Å²) in [6, 6.07) is 16.7. The number of nitrogens with one attached hydrogen (secondary N) is 1. The Hall–Kier alpha value is -2.72. The van der Waals surface area contributed by atoms with E-state index in [-0.39, 0.29) is 5.78 Å². The smallest absolute Gasteiger partial charge is 0.261 e. The Morgan fingerprint density at radius 1 is 1.04 bits per heavy atom. The van der Waals surface area contributed by atoms with Crippen LogP contribution in [0.4, 0.5) is 5.69 Å². The fraction of sp³-hybridized carbons (Fsp3) is 0.238. The van der Waals surface area contributed by atoms with E-state index in [4.69, 9.17) is 0 Å². The number of benzene rings is 2. The molecule has 2 aliphatic rings. The minimum atomic E-state index is -1.79. The van der Waals surface area contributed by atoms with Gasteiger partial charge in [0.05, 0.1) is 5.92 Å². The number of ketones is 1. The molecule has 1 aliphatic carbocycles. The molecule has 1 fully saturated rings. The van der Waals surface area contributed by atoms with E-state index in [1.165, 1.54) is 0 Å². The van der Waals surface area contributed by atoms with E-state index < -0.39 is 17.4 Å². The van der Waals surface area contributed by atoms with Crippen LogP contribution in [0, 0.1) is 5.92 Å². The van der Waals surface area contributed by atoms with Crippen molar-refractivity contribution in [2.24, 2.45) is 5.92 Å². The normalized spacial score (nSPS) is 27.2. The average molecular weight is 333 g/mol. The number of Topliss-reactive ketones (excluding diaryl/α,β-unsaturated/α-hetero) is 1. The molecule has 4 heteroatoms. The molecule has 25 heavy (non-hydrogen) atoms. The summed E-state index contributed by atoms with van der Waals surface area (Å²) in [5, 5.41) is 13.9. The number of hydrogen-bond donors (Lipinski definition) is 2. The molecule has 1 amide bonds. The van der Waals surface area contributed by atoms with E-state index in [2.05, 4.69) is 5.32 Å². The van der Waals surface area contributed by atoms with Gasteiger partial charge >= 0.3 is 0 Å².